The normalized spacial score (nSPS) is 24.3. The fourth-order valence-corrected chi connectivity index (χ4v) is 1.49. The van der Waals surface area contributed by atoms with Gasteiger partial charge in [0.2, 0.25) is 0 Å². The minimum Gasteiger partial charge on any atom is -0.262 e. The van der Waals surface area contributed by atoms with Crippen molar-refractivity contribution in [3.8, 4) is 0 Å². The summed E-state index contributed by atoms with van der Waals surface area (Å²) in [4.78, 5) is 4.25. The van der Waals surface area contributed by atoms with Crippen molar-refractivity contribution < 1.29 is 0 Å². The summed E-state index contributed by atoms with van der Waals surface area (Å²) >= 11 is 0. The van der Waals surface area contributed by atoms with Crippen LogP contribution in [0.3, 0.4) is 0 Å². The SMILES string of the molecule is C=C/C=C1/CCCC/C1=N/C=C. The van der Waals surface area contributed by atoms with Crippen molar-refractivity contribution in [1.82, 2.24) is 0 Å². The number of aliphatic imine (C=N–C) groups is 1. The lowest BCUT2D eigenvalue weighted by Gasteiger charge is -2.15. The molecular weight excluding hydrogens is 146 g/mol. The predicted molar refractivity (Wildman–Crippen MR) is 54.4 cm³/mol. The highest BCUT2D eigenvalue weighted by Crippen LogP contribution is 2.21. The lowest BCUT2D eigenvalue weighted by atomic mass is 9.92. The van der Waals surface area contributed by atoms with Gasteiger partial charge in [0.05, 0.1) is 0 Å². The summed E-state index contributed by atoms with van der Waals surface area (Å²) in [7, 11) is 0. The number of nitrogens with zero attached hydrogens (tertiary/aromatic N) is 1. The smallest absolute Gasteiger partial charge is 0.0435 e. The number of hydrogen-bond donors (Lipinski definition) is 0. The zero-order chi connectivity index (χ0) is 8.81. The Kier molecular flexibility index (Phi) is 3.52. The predicted octanol–water partition coefficient (Wildman–Crippen LogP) is 3.26. The third kappa shape index (κ3) is 2.19. The molecule has 0 aromatic rings. The van der Waals surface area contributed by atoms with Crippen LogP contribution in [0.4, 0.5) is 0 Å². The van der Waals surface area contributed by atoms with Crippen molar-refractivity contribution >= 4 is 5.71 Å². The van der Waals surface area contributed by atoms with Crippen LogP contribution in [0.5, 0.6) is 0 Å². The van der Waals surface area contributed by atoms with Crippen molar-refractivity contribution in [1.29, 1.82) is 0 Å². The van der Waals surface area contributed by atoms with Gasteiger partial charge in [-0.15, -0.1) is 0 Å². The second-order valence-electron chi connectivity index (χ2n) is 2.89. The molecule has 0 heterocycles. The molecule has 64 valence electrons. The summed E-state index contributed by atoms with van der Waals surface area (Å²) in [5.41, 5.74) is 2.52. The van der Waals surface area contributed by atoms with Crippen LogP contribution in [-0.2, 0) is 0 Å². The molecule has 1 rings (SSSR count). The van der Waals surface area contributed by atoms with Crippen LogP contribution in [0.25, 0.3) is 0 Å². The Bertz CT molecular complexity index is 207. The molecule has 0 bridgehead atoms. The minimum absolute atomic E-state index is 1.09. The van der Waals surface area contributed by atoms with Crippen LogP contribution in [-0.4, -0.2) is 5.71 Å². The molecule has 1 heteroatoms. The molecule has 0 atom stereocenters. The van der Waals surface area contributed by atoms with E-state index < -0.39 is 0 Å². The van der Waals surface area contributed by atoms with Crippen molar-refractivity contribution in [3.05, 3.63) is 37.1 Å². The third-order valence-corrected chi connectivity index (χ3v) is 2.05. The Hall–Kier alpha value is -1.11. The number of allylic oxidation sites excluding steroid dienone is 3. The van der Waals surface area contributed by atoms with Gasteiger partial charge in [-0.2, -0.15) is 0 Å². The maximum atomic E-state index is 4.25. The molecule has 0 aliphatic heterocycles. The van der Waals surface area contributed by atoms with Gasteiger partial charge in [-0.1, -0.05) is 25.3 Å². The van der Waals surface area contributed by atoms with Gasteiger partial charge in [0.1, 0.15) is 0 Å². The second-order valence-corrected chi connectivity index (χ2v) is 2.89. The fourth-order valence-electron chi connectivity index (χ4n) is 1.49. The van der Waals surface area contributed by atoms with E-state index in [9.17, 15) is 0 Å². The van der Waals surface area contributed by atoms with Crippen LogP contribution in [0.1, 0.15) is 25.7 Å². The summed E-state index contributed by atoms with van der Waals surface area (Å²) in [6.45, 7) is 7.30. The summed E-state index contributed by atoms with van der Waals surface area (Å²) < 4.78 is 0. The first kappa shape index (κ1) is 8.98. The Morgan fingerprint density at radius 1 is 1.17 bits per heavy atom. The molecule has 1 saturated carbocycles. The van der Waals surface area contributed by atoms with Gasteiger partial charge >= 0.3 is 0 Å². The fraction of sp³-hybridized carbons (Fsp3) is 0.364. The lowest BCUT2D eigenvalue weighted by Crippen LogP contribution is -2.08. The molecule has 0 spiro atoms. The highest BCUT2D eigenvalue weighted by molar-refractivity contribution is 6.01. The molecule has 0 N–H and O–H groups in total. The molecule has 0 aromatic heterocycles. The van der Waals surface area contributed by atoms with Gasteiger partial charge in [-0.05, 0) is 31.3 Å². The highest BCUT2D eigenvalue weighted by atomic mass is 14.7. The zero-order valence-electron chi connectivity index (χ0n) is 7.42. The zero-order valence-corrected chi connectivity index (χ0v) is 7.42. The first-order valence-corrected chi connectivity index (χ1v) is 4.38. The summed E-state index contributed by atoms with van der Waals surface area (Å²) in [5, 5.41) is 0. The Morgan fingerprint density at radius 3 is 2.58 bits per heavy atom. The van der Waals surface area contributed by atoms with E-state index in [4.69, 9.17) is 0 Å². The maximum Gasteiger partial charge on any atom is 0.0435 e. The average Bonchev–Trinajstić information content (AvgIpc) is 2.09. The van der Waals surface area contributed by atoms with E-state index in [1.54, 1.807) is 6.20 Å². The summed E-state index contributed by atoms with van der Waals surface area (Å²) in [6, 6.07) is 0. The molecule has 1 aliphatic rings. The summed E-state index contributed by atoms with van der Waals surface area (Å²) in [6.07, 6.45) is 10.3. The van der Waals surface area contributed by atoms with Crippen LogP contribution < -0.4 is 0 Å². The topological polar surface area (TPSA) is 12.4 Å². The Balaban J connectivity index is 2.80. The van der Waals surface area contributed by atoms with Gasteiger partial charge in [0.25, 0.3) is 0 Å². The van der Waals surface area contributed by atoms with Gasteiger partial charge in [-0.3, -0.25) is 4.99 Å². The molecule has 0 unspecified atom stereocenters. The molecule has 12 heavy (non-hydrogen) atoms. The van der Waals surface area contributed by atoms with Gasteiger partial charge < -0.3 is 0 Å². The van der Waals surface area contributed by atoms with Crippen molar-refractivity contribution in [2.75, 3.05) is 0 Å². The van der Waals surface area contributed by atoms with Crippen LogP contribution in [0, 0.1) is 0 Å². The van der Waals surface area contributed by atoms with E-state index >= 15 is 0 Å². The highest BCUT2D eigenvalue weighted by Gasteiger charge is 2.11. The van der Waals surface area contributed by atoms with Crippen molar-refractivity contribution in [2.24, 2.45) is 4.99 Å². The molecule has 1 nitrogen and oxygen atoms in total. The van der Waals surface area contributed by atoms with Crippen LogP contribution in [0.15, 0.2) is 42.1 Å². The van der Waals surface area contributed by atoms with Crippen molar-refractivity contribution in [3.63, 3.8) is 0 Å². The van der Waals surface area contributed by atoms with Crippen molar-refractivity contribution in [2.45, 2.75) is 25.7 Å². The first-order chi connectivity index (χ1) is 5.88. The monoisotopic (exact) mass is 161 g/mol. The Morgan fingerprint density at radius 2 is 1.92 bits per heavy atom. The standard InChI is InChI=1S/C11H15N/c1-3-7-10-8-5-6-9-11(10)12-4-2/h3-4,7H,1-2,5-6,8-9H2/b10-7-,12-11-. The van der Waals surface area contributed by atoms with E-state index in [0.717, 1.165) is 12.8 Å². The van der Waals surface area contributed by atoms with E-state index in [2.05, 4.69) is 24.2 Å². The molecule has 1 aliphatic carbocycles. The number of hydrogen-bond acceptors (Lipinski definition) is 1. The van der Waals surface area contributed by atoms with Gasteiger partial charge in [0, 0.05) is 11.9 Å². The first-order valence-electron chi connectivity index (χ1n) is 4.38. The molecular formula is C11H15N. The molecule has 1 fully saturated rings. The van der Waals surface area contributed by atoms with Crippen LogP contribution >= 0.6 is 0 Å². The van der Waals surface area contributed by atoms with Gasteiger partial charge in [-0.25, -0.2) is 0 Å². The molecule has 0 radical (unpaired) electrons. The van der Waals surface area contributed by atoms with Gasteiger partial charge in [0.15, 0.2) is 0 Å². The largest absolute Gasteiger partial charge is 0.262 e. The summed E-state index contributed by atoms with van der Waals surface area (Å²) in [5.74, 6) is 0. The molecule has 0 saturated heterocycles. The molecule has 0 aromatic carbocycles. The van der Waals surface area contributed by atoms with E-state index in [-0.39, 0.29) is 0 Å². The third-order valence-electron chi connectivity index (χ3n) is 2.05. The van der Waals surface area contributed by atoms with Crippen LogP contribution in [0.2, 0.25) is 0 Å². The Labute approximate surface area is 74.2 Å². The number of rotatable bonds is 2. The van der Waals surface area contributed by atoms with E-state index in [1.807, 2.05) is 6.08 Å². The van der Waals surface area contributed by atoms with E-state index in [1.165, 1.54) is 24.1 Å². The quantitative estimate of drug-likeness (QED) is 0.589. The average molecular weight is 161 g/mol. The minimum atomic E-state index is 1.09. The molecule has 0 amide bonds. The second kappa shape index (κ2) is 4.70. The lowest BCUT2D eigenvalue weighted by molar-refractivity contribution is 0.733. The maximum absolute atomic E-state index is 4.25. The van der Waals surface area contributed by atoms with E-state index in [0.29, 0.717) is 0 Å².